The van der Waals surface area contributed by atoms with Gasteiger partial charge in [-0.1, -0.05) is 19.9 Å². The predicted octanol–water partition coefficient (Wildman–Crippen LogP) is 3.90. The number of phenolic OH excluding ortho intramolecular Hbond substituents is 1. The number of carbonyl (C=O) groups is 1. The second-order valence-electron chi connectivity index (χ2n) is 8.18. The number of hydrogen-bond acceptors (Lipinski definition) is 6. The molecule has 2 N–H and O–H groups in total. The van der Waals surface area contributed by atoms with Crippen molar-refractivity contribution in [3.8, 4) is 5.75 Å². The molecule has 0 aliphatic carbocycles. The predicted molar refractivity (Wildman–Crippen MR) is 120 cm³/mol. The minimum atomic E-state index is -0.293. The molecular weight excluding hydrogens is 380 g/mol. The van der Waals surface area contributed by atoms with Gasteiger partial charge in [0.15, 0.2) is 0 Å². The highest BCUT2D eigenvalue weighted by molar-refractivity contribution is 5.99. The molecule has 1 amide bonds. The molecule has 160 valence electrons. The molecule has 2 aromatic carbocycles. The van der Waals surface area contributed by atoms with Crippen molar-refractivity contribution in [3.05, 3.63) is 57.5 Å². The summed E-state index contributed by atoms with van der Waals surface area (Å²) in [4.78, 5) is 28.3. The van der Waals surface area contributed by atoms with Crippen molar-refractivity contribution < 1.29 is 9.90 Å². The molecule has 0 unspecified atom stereocenters. The van der Waals surface area contributed by atoms with Gasteiger partial charge in [-0.05, 0) is 52.9 Å². The first-order valence-electron chi connectivity index (χ1n) is 10.3. The summed E-state index contributed by atoms with van der Waals surface area (Å²) in [6.45, 7) is 10.1. The minimum absolute atomic E-state index is 0.0144. The van der Waals surface area contributed by atoms with Crippen LogP contribution in [0.15, 0.2) is 35.5 Å². The molecule has 1 saturated heterocycles. The molecule has 0 aromatic heterocycles. The summed E-state index contributed by atoms with van der Waals surface area (Å²) in [5, 5.41) is 16.5. The van der Waals surface area contributed by atoms with Gasteiger partial charge in [0.2, 0.25) is 0 Å². The lowest BCUT2D eigenvalue weighted by Crippen LogP contribution is -2.43. The topological polar surface area (TPSA) is 85.2 Å². The Morgan fingerprint density at radius 2 is 1.93 bits per heavy atom. The number of amides is 1. The number of nitroso groups, excluding NO2 is 1. The van der Waals surface area contributed by atoms with E-state index in [1.165, 1.54) is 6.07 Å². The van der Waals surface area contributed by atoms with Crippen LogP contribution in [-0.2, 0) is 6.54 Å². The maximum Gasteiger partial charge on any atom is 0.256 e. The smallest absolute Gasteiger partial charge is 0.256 e. The van der Waals surface area contributed by atoms with Crippen LogP contribution in [0.25, 0.3) is 0 Å². The van der Waals surface area contributed by atoms with E-state index in [4.69, 9.17) is 0 Å². The van der Waals surface area contributed by atoms with E-state index in [1.807, 2.05) is 20.8 Å². The van der Waals surface area contributed by atoms with Crippen molar-refractivity contribution in [3.63, 3.8) is 0 Å². The Kier molecular flexibility index (Phi) is 6.72. The van der Waals surface area contributed by atoms with Crippen LogP contribution in [-0.4, -0.2) is 49.1 Å². The van der Waals surface area contributed by atoms with Crippen LogP contribution in [0.4, 0.5) is 11.4 Å². The number of nitrogens with one attached hydrogen (secondary N) is 1. The van der Waals surface area contributed by atoms with E-state index >= 15 is 0 Å². The van der Waals surface area contributed by atoms with Gasteiger partial charge in [0.25, 0.3) is 5.91 Å². The fraction of sp³-hybridized carbons (Fsp3) is 0.435. The van der Waals surface area contributed by atoms with Gasteiger partial charge in [-0.2, -0.15) is 0 Å². The van der Waals surface area contributed by atoms with Crippen molar-refractivity contribution in [2.75, 3.05) is 38.1 Å². The van der Waals surface area contributed by atoms with E-state index in [2.05, 4.69) is 33.6 Å². The van der Waals surface area contributed by atoms with Gasteiger partial charge in [-0.25, -0.2) is 0 Å². The van der Waals surface area contributed by atoms with Gasteiger partial charge in [-0.15, -0.1) is 4.91 Å². The number of anilines is 1. The highest BCUT2D eigenvalue weighted by Crippen LogP contribution is 2.34. The van der Waals surface area contributed by atoms with Crippen LogP contribution in [0, 0.1) is 11.8 Å². The number of benzene rings is 2. The summed E-state index contributed by atoms with van der Waals surface area (Å²) in [5.41, 5.74) is 4.11. The number of aryl methyl sites for hydroxylation is 1. The summed E-state index contributed by atoms with van der Waals surface area (Å²) >= 11 is 0. The number of hydrogen-bond donors (Lipinski definition) is 2. The summed E-state index contributed by atoms with van der Waals surface area (Å²) in [6, 6.07) is 9.20. The van der Waals surface area contributed by atoms with Crippen LogP contribution < -0.4 is 10.2 Å². The molecule has 2 aromatic rings. The number of phenols is 1. The number of nitrogens with zero attached hydrogens (tertiary/aromatic N) is 3. The van der Waals surface area contributed by atoms with Crippen molar-refractivity contribution in [1.82, 2.24) is 10.2 Å². The molecule has 30 heavy (non-hydrogen) atoms. The molecule has 7 nitrogen and oxygen atoms in total. The first-order chi connectivity index (χ1) is 14.3. The Balaban J connectivity index is 1.85. The number of piperazine rings is 1. The van der Waals surface area contributed by atoms with Crippen LogP contribution in [0.1, 0.15) is 46.8 Å². The molecule has 1 aliphatic heterocycles. The van der Waals surface area contributed by atoms with Crippen molar-refractivity contribution >= 4 is 17.3 Å². The van der Waals surface area contributed by atoms with Gasteiger partial charge in [0, 0.05) is 51.5 Å². The van der Waals surface area contributed by atoms with E-state index in [0.717, 1.165) is 43.0 Å². The average Bonchev–Trinajstić information content (AvgIpc) is 2.74. The second kappa shape index (κ2) is 9.26. The Bertz CT molecular complexity index is 936. The number of rotatable bonds is 6. The summed E-state index contributed by atoms with van der Waals surface area (Å²) in [6.07, 6.45) is 0. The zero-order chi connectivity index (χ0) is 21.8. The molecule has 0 radical (unpaired) electrons. The normalized spacial score (nSPS) is 14.1. The van der Waals surface area contributed by atoms with E-state index in [0.29, 0.717) is 12.1 Å². The van der Waals surface area contributed by atoms with Crippen LogP contribution in [0.5, 0.6) is 5.75 Å². The van der Waals surface area contributed by atoms with Gasteiger partial charge in [0.05, 0.1) is 5.56 Å². The van der Waals surface area contributed by atoms with Gasteiger partial charge in [-0.3, -0.25) is 4.79 Å². The maximum atomic E-state index is 13.1. The summed E-state index contributed by atoms with van der Waals surface area (Å²) in [5.74, 6) is -0.294. The third kappa shape index (κ3) is 4.62. The van der Waals surface area contributed by atoms with Crippen LogP contribution >= 0.6 is 0 Å². The van der Waals surface area contributed by atoms with Crippen molar-refractivity contribution in [2.24, 2.45) is 5.18 Å². The first kappa shape index (κ1) is 21.8. The van der Waals surface area contributed by atoms with Crippen molar-refractivity contribution in [1.29, 1.82) is 0 Å². The minimum Gasteiger partial charge on any atom is -0.508 e. The summed E-state index contributed by atoms with van der Waals surface area (Å²) < 4.78 is 0. The lowest BCUT2D eigenvalue weighted by molar-refractivity contribution is 0.0785. The monoisotopic (exact) mass is 410 g/mol. The number of carbonyl (C=O) groups excluding carboxylic acids is 1. The Labute approximate surface area is 177 Å². The van der Waals surface area contributed by atoms with Crippen LogP contribution in [0.3, 0.4) is 0 Å². The molecule has 1 aliphatic rings. The second-order valence-corrected chi connectivity index (χ2v) is 8.18. The fourth-order valence-electron chi connectivity index (χ4n) is 3.78. The summed E-state index contributed by atoms with van der Waals surface area (Å²) in [7, 11) is 1.72. The van der Waals surface area contributed by atoms with Crippen molar-refractivity contribution in [2.45, 2.75) is 33.2 Å². The highest BCUT2D eigenvalue weighted by atomic mass is 16.3. The lowest BCUT2D eigenvalue weighted by atomic mass is 9.97. The molecule has 1 heterocycles. The molecule has 0 bridgehead atoms. The zero-order valence-electron chi connectivity index (χ0n) is 18.1. The Hall–Kier alpha value is -2.93. The van der Waals surface area contributed by atoms with E-state index in [9.17, 15) is 14.8 Å². The molecule has 0 atom stereocenters. The molecule has 0 spiro atoms. The quantitative estimate of drug-likeness (QED) is 0.706. The number of aromatic hydroxyl groups is 1. The Morgan fingerprint density at radius 1 is 1.23 bits per heavy atom. The average molecular weight is 411 g/mol. The Morgan fingerprint density at radius 3 is 2.57 bits per heavy atom. The van der Waals surface area contributed by atoms with E-state index in [1.54, 1.807) is 18.0 Å². The SMILES string of the molecule is Cc1ccc(N2CCNCC2)cc1CN(C)C(=O)c1cc(C(C)C)c(O)cc1N=O. The highest BCUT2D eigenvalue weighted by Gasteiger charge is 2.21. The van der Waals surface area contributed by atoms with Gasteiger partial charge >= 0.3 is 0 Å². The van der Waals surface area contributed by atoms with Gasteiger partial charge < -0.3 is 20.2 Å². The molecule has 7 heteroatoms. The molecule has 1 fully saturated rings. The van der Waals surface area contributed by atoms with E-state index < -0.39 is 0 Å². The third-order valence-electron chi connectivity index (χ3n) is 5.66. The largest absolute Gasteiger partial charge is 0.508 e. The lowest BCUT2D eigenvalue weighted by Gasteiger charge is -2.30. The van der Waals surface area contributed by atoms with Gasteiger partial charge in [0.1, 0.15) is 11.4 Å². The standard InChI is InChI=1S/C23H30N4O3/c1-15(2)19-12-20(21(25-30)13-22(19)28)23(29)26(4)14-17-11-18(6-5-16(17)3)27-9-7-24-8-10-27/h5-6,11-13,15,24,28H,7-10,14H2,1-4H3. The molecular formula is C23H30N4O3. The molecule has 3 rings (SSSR count). The first-order valence-corrected chi connectivity index (χ1v) is 10.3. The third-order valence-corrected chi connectivity index (χ3v) is 5.66. The zero-order valence-corrected chi connectivity index (χ0v) is 18.1. The van der Waals surface area contributed by atoms with E-state index in [-0.39, 0.29) is 28.8 Å². The maximum absolute atomic E-state index is 13.1. The van der Waals surface area contributed by atoms with Crippen LogP contribution in [0.2, 0.25) is 0 Å². The fourth-order valence-corrected chi connectivity index (χ4v) is 3.78. The molecule has 0 saturated carbocycles.